The van der Waals surface area contributed by atoms with Crippen molar-refractivity contribution < 1.29 is 5.11 Å². The lowest BCUT2D eigenvalue weighted by molar-refractivity contribution is 0.158. The van der Waals surface area contributed by atoms with Gasteiger partial charge in [0.1, 0.15) is 0 Å². The molecule has 82 valence electrons. The lowest BCUT2D eigenvalue weighted by atomic mass is 9.76. The predicted molar refractivity (Wildman–Crippen MR) is 59.1 cm³/mol. The van der Waals surface area contributed by atoms with E-state index in [1.807, 2.05) is 0 Å². The fourth-order valence-electron chi connectivity index (χ4n) is 3.06. The zero-order chi connectivity index (χ0) is 10.0. The molecule has 2 aliphatic carbocycles. The molecule has 0 bridgehead atoms. The van der Waals surface area contributed by atoms with Crippen LogP contribution in [0.25, 0.3) is 0 Å². The van der Waals surface area contributed by atoms with Crippen LogP contribution in [-0.4, -0.2) is 11.7 Å². The van der Waals surface area contributed by atoms with Crippen LogP contribution < -0.4 is 0 Å². The van der Waals surface area contributed by atoms with Crippen LogP contribution in [0.1, 0.15) is 58.3 Å². The molecular weight excluding hydrogens is 172 g/mol. The molecule has 0 atom stereocenters. The van der Waals surface area contributed by atoms with Gasteiger partial charge in [0, 0.05) is 6.61 Å². The summed E-state index contributed by atoms with van der Waals surface area (Å²) in [4.78, 5) is 0. The van der Waals surface area contributed by atoms with Gasteiger partial charge in [0.05, 0.1) is 0 Å². The molecule has 1 N–H and O–H groups in total. The summed E-state index contributed by atoms with van der Waals surface area (Å²) in [6, 6.07) is 0. The largest absolute Gasteiger partial charge is 0.396 e. The zero-order valence-electron chi connectivity index (χ0n) is 9.47. The molecule has 0 amide bonds. The Hall–Kier alpha value is -0.0400. The highest BCUT2D eigenvalue weighted by atomic mass is 16.3. The molecule has 0 radical (unpaired) electrons. The molecule has 1 nitrogen and oxygen atoms in total. The summed E-state index contributed by atoms with van der Waals surface area (Å²) in [5.41, 5.74) is 0.393. The van der Waals surface area contributed by atoms with Crippen LogP contribution in [0.3, 0.4) is 0 Å². The van der Waals surface area contributed by atoms with E-state index in [0.717, 1.165) is 11.8 Å². The van der Waals surface area contributed by atoms with Gasteiger partial charge in [-0.3, -0.25) is 0 Å². The first-order valence-electron chi connectivity index (χ1n) is 6.39. The van der Waals surface area contributed by atoms with Gasteiger partial charge in [-0.25, -0.2) is 0 Å². The van der Waals surface area contributed by atoms with Gasteiger partial charge in [0.25, 0.3) is 0 Å². The summed E-state index contributed by atoms with van der Waals surface area (Å²) >= 11 is 0. The second-order valence-electron chi connectivity index (χ2n) is 5.66. The maximum Gasteiger partial charge on any atom is 0.0487 e. The van der Waals surface area contributed by atoms with Crippen molar-refractivity contribution in [2.24, 2.45) is 17.3 Å². The normalized spacial score (nSPS) is 35.6. The highest BCUT2D eigenvalue weighted by molar-refractivity contribution is 4.94. The van der Waals surface area contributed by atoms with E-state index in [0.29, 0.717) is 12.0 Å². The SMILES string of the molecule is CCC1CCC(CC2(CO)CC2)CC1. The molecule has 0 heterocycles. The monoisotopic (exact) mass is 196 g/mol. The lowest BCUT2D eigenvalue weighted by Gasteiger charge is -2.30. The van der Waals surface area contributed by atoms with E-state index in [1.165, 1.54) is 51.4 Å². The second-order valence-corrected chi connectivity index (χ2v) is 5.66. The standard InChI is InChI=1S/C13H24O/c1-2-11-3-5-12(6-4-11)9-13(10-14)7-8-13/h11-12,14H,2-10H2,1H3. The van der Waals surface area contributed by atoms with E-state index in [9.17, 15) is 5.11 Å². The first-order valence-corrected chi connectivity index (χ1v) is 6.39. The molecule has 0 aromatic carbocycles. The van der Waals surface area contributed by atoms with Crippen LogP contribution in [0.4, 0.5) is 0 Å². The third kappa shape index (κ3) is 2.31. The number of aliphatic hydroxyl groups excluding tert-OH is 1. The van der Waals surface area contributed by atoms with Crippen LogP contribution >= 0.6 is 0 Å². The topological polar surface area (TPSA) is 20.2 Å². The van der Waals surface area contributed by atoms with Crippen LogP contribution in [0.5, 0.6) is 0 Å². The molecule has 0 aromatic heterocycles. The number of hydrogen-bond acceptors (Lipinski definition) is 1. The highest BCUT2D eigenvalue weighted by Crippen LogP contribution is 2.52. The van der Waals surface area contributed by atoms with Gasteiger partial charge in [-0.15, -0.1) is 0 Å². The van der Waals surface area contributed by atoms with E-state index in [-0.39, 0.29) is 0 Å². The molecule has 0 aromatic rings. The quantitative estimate of drug-likeness (QED) is 0.731. The third-order valence-electron chi connectivity index (χ3n) is 4.56. The minimum atomic E-state index is 0.393. The van der Waals surface area contributed by atoms with Crippen molar-refractivity contribution >= 4 is 0 Å². The molecule has 14 heavy (non-hydrogen) atoms. The van der Waals surface area contributed by atoms with Gasteiger partial charge in [-0.05, 0) is 36.5 Å². The van der Waals surface area contributed by atoms with Crippen molar-refractivity contribution in [3.05, 3.63) is 0 Å². The molecule has 1 heteroatoms. The Balaban J connectivity index is 1.73. The molecule has 2 aliphatic rings. The number of aliphatic hydroxyl groups is 1. The van der Waals surface area contributed by atoms with Gasteiger partial charge in [-0.2, -0.15) is 0 Å². The summed E-state index contributed by atoms with van der Waals surface area (Å²) in [6.45, 7) is 2.77. The van der Waals surface area contributed by atoms with Crippen molar-refractivity contribution in [2.75, 3.05) is 6.61 Å². The van der Waals surface area contributed by atoms with Crippen molar-refractivity contribution in [1.82, 2.24) is 0 Å². The third-order valence-corrected chi connectivity index (χ3v) is 4.56. The maximum absolute atomic E-state index is 9.29. The second kappa shape index (κ2) is 4.22. The smallest absolute Gasteiger partial charge is 0.0487 e. The average molecular weight is 196 g/mol. The van der Waals surface area contributed by atoms with Crippen molar-refractivity contribution in [3.63, 3.8) is 0 Å². The molecule has 0 unspecified atom stereocenters. The minimum Gasteiger partial charge on any atom is -0.396 e. The van der Waals surface area contributed by atoms with Gasteiger partial charge in [0.15, 0.2) is 0 Å². The van der Waals surface area contributed by atoms with Crippen LogP contribution in [0, 0.1) is 17.3 Å². The van der Waals surface area contributed by atoms with Gasteiger partial charge >= 0.3 is 0 Å². The van der Waals surface area contributed by atoms with Crippen LogP contribution in [-0.2, 0) is 0 Å². The highest BCUT2D eigenvalue weighted by Gasteiger charge is 2.43. The van der Waals surface area contributed by atoms with Gasteiger partial charge in [0.2, 0.25) is 0 Å². The summed E-state index contributed by atoms with van der Waals surface area (Å²) in [5.74, 6) is 1.95. The molecule has 0 spiro atoms. The first kappa shape index (κ1) is 10.5. The number of hydrogen-bond donors (Lipinski definition) is 1. The predicted octanol–water partition coefficient (Wildman–Crippen LogP) is 3.37. The van der Waals surface area contributed by atoms with Crippen LogP contribution in [0.2, 0.25) is 0 Å². The van der Waals surface area contributed by atoms with E-state index < -0.39 is 0 Å². The average Bonchev–Trinajstić information content (AvgIpc) is 3.00. The van der Waals surface area contributed by atoms with E-state index in [1.54, 1.807) is 0 Å². The lowest BCUT2D eigenvalue weighted by Crippen LogP contribution is -2.19. The summed E-state index contributed by atoms with van der Waals surface area (Å²) in [5, 5.41) is 9.29. The first-order chi connectivity index (χ1) is 6.78. The fourth-order valence-corrected chi connectivity index (χ4v) is 3.06. The maximum atomic E-state index is 9.29. The molecular formula is C13H24O. The Morgan fingerprint density at radius 3 is 2.07 bits per heavy atom. The van der Waals surface area contributed by atoms with Gasteiger partial charge < -0.3 is 5.11 Å². The zero-order valence-corrected chi connectivity index (χ0v) is 9.47. The Labute approximate surface area is 87.9 Å². The molecule has 2 saturated carbocycles. The Morgan fingerprint density at radius 2 is 1.64 bits per heavy atom. The van der Waals surface area contributed by atoms with E-state index in [2.05, 4.69) is 6.92 Å². The number of rotatable bonds is 4. The fraction of sp³-hybridized carbons (Fsp3) is 1.00. The Morgan fingerprint density at radius 1 is 1.07 bits per heavy atom. The van der Waals surface area contributed by atoms with Crippen molar-refractivity contribution in [1.29, 1.82) is 0 Å². The van der Waals surface area contributed by atoms with Gasteiger partial charge in [-0.1, -0.05) is 39.0 Å². The van der Waals surface area contributed by atoms with Crippen molar-refractivity contribution in [2.45, 2.75) is 58.3 Å². The Bertz CT molecular complexity index is 176. The molecule has 2 rings (SSSR count). The van der Waals surface area contributed by atoms with Crippen LogP contribution in [0.15, 0.2) is 0 Å². The van der Waals surface area contributed by atoms with E-state index >= 15 is 0 Å². The summed E-state index contributed by atoms with van der Waals surface area (Å²) in [7, 11) is 0. The Kier molecular flexibility index (Phi) is 3.16. The molecule has 0 aliphatic heterocycles. The summed E-state index contributed by atoms with van der Waals surface area (Å²) in [6.07, 6.45) is 11.0. The minimum absolute atomic E-state index is 0.393. The van der Waals surface area contributed by atoms with E-state index in [4.69, 9.17) is 0 Å². The molecule has 0 saturated heterocycles. The summed E-state index contributed by atoms with van der Waals surface area (Å²) < 4.78 is 0. The van der Waals surface area contributed by atoms with Crippen molar-refractivity contribution in [3.8, 4) is 0 Å². The molecule has 2 fully saturated rings.